The summed E-state index contributed by atoms with van der Waals surface area (Å²) in [5.74, 6) is 0. The Morgan fingerprint density at radius 1 is 1.08 bits per heavy atom. The van der Waals surface area contributed by atoms with Crippen LogP contribution in [0.1, 0.15) is 9.75 Å². The van der Waals surface area contributed by atoms with Crippen molar-refractivity contribution in [3.8, 4) is 0 Å². The molecule has 3 aromatic rings. The molecule has 0 atom stereocenters. The smallest absolute Gasteiger partial charge is 0.102 e. The third-order valence-corrected chi connectivity index (χ3v) is 4.25. The summed E-state index contributed by atoms with van der Waals surface area (Å²) in [5.41, 5.74) is 1.30. The fraction of sp³-hybridized carbons (Fsp3) is 0.200. The first-order valence-corrected chi connectivity index (χ1v) is 5.85. The molecule has 13 heavy (non-hydrogen) atoms. The fourth-order valence-corrected chi connectivity index (χ4v) is 3.69. The monoisotopic (exact) mass is 207 g/mol. The van der Waals surface area contributed by atoms with E-state index < -0.39 is 0 Å². The number of hydrogen-bond donors (Lipinski definition) is 1. The maximum absolute atomic E-state index is 3.45. The lowest BCUT2D eigenvalue weighted by Gasteiger charge is -1.76. The number of H-pyrrole nitrogens is 1. The Hall–Kier alpha value is -0.800. The Kier molecular flexibility index (Phi) is 1.38. The average molecular weight is 207 g/mol. The van der Waals surface area contributed by atoms with Gasteiger partial charge in [-0.25, -0.2) is 0 Å². The zero-order valence-corrected chi connectivity index (χ0v) is 9.10. The standard InChI is InChI=1S/C10H9NS2/c1-5-3-7-9-8(4-6(2)12-9)11-10(7)13-5/h3-4,11H,1-2H3. The molecule has 3 aromatic heterocycles. The maximum atomic E-state index is 3.45. The second-order valence-electron chi connectivity index (χ2n) is 3.32. The molecule has 3 heterocycles. The van der Waals surface area contributed by atoms with Crippen molar-refractivity contribution in [2.24, 2.45) is 0 Å². The van der Waals surface area contributed by atoms with Crippen LogP contribution in [0.3, 0.4) is 0 Å². The minimum absolute atomic E-state index is 1.30. The van der Waals surface area contributed by atoms with E-state index in [2.05, 4.69) is 31.0 Å². The van der Waals surface area contributed by atoms with Crippen LogP contribution in [-0.2, 0) is 0 Å². The van der Waals surface area contributed by atoms with E-state index in [1.54, 1.807) is 0 Å². The fourth-order valence-electron chi connectivity index (χ4n) is 1.71. The quantitative estimate of drug-likeness (QED) is 0.572. The summed E-state index contributed by atoms with van der Waals surface area (Å²) in [5, 5.41) is 1.40. The van der Waals surface area contributed by atoms with Crippen LogP contribution in [0.4, 0.5) is 0 Å². The number of fused-ring (bicyclic) bond motifs is 3. The Morgan fingerprint density at radius 3 is 2.69 bits per heavy atom. The van der Waals surface area contributed by atoms with E-state index in [1.165, 1.54) is 30.2 Å². The second-order valence-corrected chi connectivity index (χ2v) is 5.84. The second kappa shape index (κ2) is 2.36. The van der Waals surface area contributed by atoms with Crippen LogP contribution in [0.2, 0.25) is 0 Å². The van der Waals surface area contributed by atoms with Crippen LogP contribution in [0.25, 0.3) is 20.4 Å². The topological polar surface area (TPSA) is 15.8 Å². The minimum Gasteiger partial charge on any atom is -0.345 e. The van der Waals surface area contributed by atoms with E-state index >= 15 is 0 Å². The van der Waals surface area contributed by atoms with Gasteiger partial charge in [0.15, 0.2) is 0 Å². The minimum atomic E-state index is 1.30. The molecule has 0 aliphatic carbocycles. The predicted octanol–water partition coefficient (Wildman–Crippen LogP) is 4.06. The Labute approximate surface area is 84.0 Å². The van der Waals surface area contributed by atoms with Gasteiger partial charge < -0.3 is 4.98 Å². The van der Waals surface area contributed by atoms with Gasteiger partial charge in [-0.1, -0.05) is 0 Å². The first-order chi connectivity index (χ1) is 6.24. The number of nitrogens with one attached hydrogen (secondary N) is 1. The molecule has 0 spiro atoms. The first kappa shape index (κ1) is 7.59. The van der Waals surface area contributed by atoms with Gasteiger partial charge in [-0.2, -0.15) is 0 Å². The number of aryl methyl sites for hydroxylation is 2. The van der Waals surface area contributed by atoms with Crippen molar-refractivity contribution in [3.63, 3.8) is 0 Å². The summed E-state index contributed by atoms with van der Waals surface area (Å²) in [7, 11) is 0. The Bertz CT molecular complexity index is 531. The first-order valence-electron chi connectivity index (χ1n) is 4.22. The lowest BCUT2D eigenvalue weighted by atomic mass is 10.3. The summed E-state index contributed by atoms with van der Waals surface area (Å²) in [6, 6.07) is 4.50. The van der Waals surface area contributed by atoms with Crippen LogP contribution in [0.5, 0.6) is 0 Å². The molecule has 0 saturated carbocycles. The number of aromatic nitrogens is 1. The van der Waals surface area contributed by atoms with Gasteiger partial charge in [-0.3, -0.25) is 0 Å². The highest BCUT2D eigenvalue weighted by Gasteiger charge is 2.08. The molecule has 0 radical (unpaired) electrons. The predicted molar refractivity (Wildman–Crippen MR) is 61.0 cm³/mol. The number of aromatic amines is 1. The van der Waals surface area contributed by atoms with Crippen molar-refractivity contribution in [1.29, 1.82) is 0 Å². The third-order valence-electron chi connectivity index (χ3n) is 2.20. The molecule has 1 N–H and O–H groups in total. The molecule has 0 fully saturated rings. The highest BCUT2D eigenvalue weighted by molar-refractivity contribution is 7.22. The van der Waals surface area contributed by atoms with Gasteiger partial charge >= 0.3 is 0 Å². The summed E-state index contributed by atoms with van der Waals surface area (Å²) in [6.07, 6.45) is 0. The van der Waals surface area contributed by atoms with Crippen molar-refractivity contribution >= 4 is 43.1 Å². The van der Waals surface area contributed by atoms with E-state index in [-0.39, 0.29) is 0 Å². The molecule has 0 aliphatic rings. The number of rotatable bonds is 0. The van der Waals surface area contributed by atoms with Crippen LogP contribution in [0.15, 0.2) is 12.1 Å². The normalized spacial score (nSPS) is 11.8. The SMILES string of the molecule is Cc1cc2c([nH]c3cc(C)sc32)s1. The molecule has 0 aliphatic heterocycles. The maximum Gasteiger partial charge on any atom is 0.102 e. The van der Waals surface area contributed by atoms with Crippen LogP contribution >= 0.6 is 22.7 Å². The van der Waals surface area contributed by atoms with Crippen molar-refractivity contribution in [2.75, 3.05) is 0 Å². The lowest BCUT2D eigenvalue weighted by Crippen LogP contribution is -1.57. The summed E-state index contributed by atoms with van der Waals surface area (Å²) in [6.45, 7) is 4.31. The summed E-state index contributed by atoms with van der Waals surface area (Å²) >= 11 is 3.72. The van der Waals surface area contributed by atoms with Gasteiger partial charge in [0, 0.05) is 15.1 Å². The largest absolute Gasteiger partial charge is 0.345 e. The molecule has 66 valence electrons. The van der Waals surface area contributed by atoms with Crippen molar-refractivity contribution in [2.45, 2.75) is 13.8 Å². The third kappa shape index (κ3) is 0.974. The number of thiophene rings is 2. The zero-order valence-electron chi connectivity index (χ0n) is 7.47. The van der Waals surface area contributed by atoms with Crippen LogP contribution < -0.4 is 0 Å². The lowest BCUT2D eigenvalue weighted by molar-refractivity contribution is 1.57. The van der Waals surface area contributed by atoms with Crippen LogP contribution in [0, 0.1) is 13.8 Å². The molecular weight excluding hydrogens is 198 g/mol. The molecule has 0 amide bonds. The molecular formula is C10H9NS2. The summed E-state index contributed by atoms with van der Waals surface area (Å²) in [4.78, 5) is 7.53. The average Bonchev–Trinajstić information content (AvgIpc) is 2.60. The van der Waals surface area contributed by atoms with Crippen molar-refractivity contribution in [1.82, 2.24) is 4.98 Å². The van der Waals surface area contributed by atoms with Gasteiger partial charge in [-0.15, -0.1) is 22.7 Å². The Balaban J connectivity index is 2.56. The summed E-state index contributed by atoms with van der Waals surface area (Å²) < 4.78 is 1.41. The zero-order chi connectivity index (χ0) is 9.00. The molecule has 3 rings (SSSR count). The van der Waals surface area contributed by atoms with Gasteiger partial charge in [0.1, 0.15) is 4.83 Å². The van der Waals surface area contributed by atoms with Gasteiger partial charge in [0.05, 0.1) is 10.2 Å². The molecule has 0 aromatic carbocycles. The van der Waals surface area contributed by atoms with E-state index in [1.807, 2.05) is 22.7 Å². The number of hydrogen-bond acceptors (Lipinski definition) is 2. The Morgan fingerprint density at radius 2 is 1.85 bits per heavy atom. The molecule has 0 bridgehead atoms. The molecule has 0 unspecified atom stereocenters. The van der Waals surface area contributed by atoms with Gasteiger partial charge in [0.25, 0.3) is 0 Å². The van der Waals surface area contributed by atoms with E-state index in [9.17, 15) is 0 Å². The van der Waals surface area contributed by atoms with Crippen molar-refractivity contribution in [3.05, 3.63) is 21.9 Å². The molecule has 3 heteroatoms. The highest BCUT2D eigenvalue weighted by atomic mass is 32.1. The van der Waals surface area contributed by atoms with Crippen molar-refractivity contribution < 1.29 is 0 Å². The van der Waals surface area contributed by atoms with Crippen LogP contribution in [-0.4, -0.2) is 4.98 Å². The van der Waals surface area contributed by atoms with Gasteiger partial charge in [-0.05, 0) is 26.0 Å². The van der Waals surface area contributed by atoms with Gasteiger partial charge in [0.2, 0.25) is 0 Å². The van der Waals surface area contributed by atoms with E-state index in [0.29, 0.717) is 0 Å². The molecule has 1 nitrogen and oxygen atoms in total. The highest BCUT2D eigenvalue weighted by Crippen LogP contribution is 2.36. The molecule has 0 saturated heterocycles. The van der Waals surface area contributed by atoms with E-state index in [0.717, 1.165) is 0 Å². The van der Waals surface area contributed by atoms with E-state index in [4.69, 9.17) is 0 Å².